The predicted octanol–water partition coefficient (Wildman–Crippen LogP) is 3.52. The van der Waals surface area contributed by atoms with E-state index < -0.39 is 0 Å². The van der Waals surface area contributed by atoms with Gasteiger partial charge in [-0.1, -0.05) is 0 Å². The van der Waals surface area contributed by atoms with Gasteiger partial charge in [-0.05, 0) is 57.0 Å². The Hall–Kier alpha value is -2.25. The Morgan fingerprint density at radius 1 is 1.19 bits per heavy atom. The maximum absolute atomic E-state index is 5.74. The molecule has 3 heterocycles. The Labute approximate surface area is 163 Å². The highest BCUT2D eigenvalue weighted by atomic mass is 32.1. The van der Waals surface area contributed by atoms with Gasteiger partial charge in [-0.2, -0.15) is 0 Å². The third-order valence-electron chi connectivity index (χ3n) is 4.80. The van der Waals surface area contributed by atoms with Crippen LogP contribution in [0, 0.1) is 0 Å². The van der Waals surface area contributed by atoms with Gasteiger partial charge in [0, 0.05) is 30.2 Å². The van der Waals surface area contributed by atoms with Crippen molar-refractivity contribution in [2.24, 2.45) is 0 Å². The molecule has 0 fully saturated rings. The molecule has 7 heteroatoms. The number of thiophene rings is 1. The number of anilines is 1. The Morgan fingerprint density at radius 2 is 2.07 bits per heavy atom. The average Bonchev–Trinajstić information content (AvgIpc) is 3.06. The topological polar surface area (TPSA) is 63.2 Å². The van der Waals surface area contributed by atoms with Gasteiger partial charge in [0.25, 0.3) is 0 Å². The predicted molar refractivity (Wildman–Crippen MR) is 110 cm³/mol. The second-order valence-electron chi connectivity index (χ2n) is 7.12. The molecule has 0 aliphatic heterocycles. The van der Waals surface area contributed by atoms with Gasteiger partial charge < -0.3 is 15.0 Å². The van der Waals surface area contributed by atoms with Gasteiger partial charge >= 0.3 is 0 Å². The zero-order valence-corrected chi connectivity index (χ0v) is 16.7. The fourth-order valence-corrected chi connectivity index (χ4v) is 4.61. The largest absolute Gasteiger partial charge is 0.476 e. The van der Waals surface area contributed by atoms with Crippen LogP contribution in [0.3, 0.4) is 0 Å². The maximum Gasteiger partial charge on any atom is 0.213 e. The van der Waals surface area contributed by atoms with Crippen LogP contribution in [-0.4, -0.2) is 47.1 Å². The summed E-state index contributed by atoms with van der Waals surface area (Å²) in [4.78, 5) is 18.0. The van der Waals surface area contributed by atoms with Crippen molar-refractivity contribution in [1.29, 1.82) is 0 Å². The van der Waals surface area contributed by atoms with Crippen molar-refractivity contribution in [3.05, 3.63) is 40.7 Å². The summed E-state index contributed by atoms with van der Waals surface area (Å²) in [7, 11) is 4.06. The molecule has 1 N–H and O–H groups in total. The van der Waals surface area contributed by atoms with E-state index in [1.54, 1.807) is 12.5 Å². The quantitative estimate of drug-likeness (QED) is 0.674. The first kappa shape index (κ1) is 18.1. The molecule has 3 aromatic heterocycles. The van der Waals surface area contributed by atoms with Crippen molar-refractivity contribution in [1.82, 2.24) is 19.9 Å². The summed E-state index contributed by atoms with van der Waals surface area (Å²) in [5.74, 6) is 1.60. The zero-order chi connectivity index (χ0) is 18.6. The van der Waals surface area contributed by atoms with E-state index in [4.69, 9.17) is 4.74 Å². The molecular formula is C20H25N5OS. The summed E-state index contributed by atoms with van der Waals surface area (Å²) < 4.78 is 5.74. The summed E-state index contributed by atoms with van der Waals surface area (Å²) in [5.41, 5.74) is 2.58. The lowest BCUT2D eigenvalue weighted by Crippen LogP contribution is -2.19. The van der Waals surface area contributed by atoms with Crippen LogP contribution >= 0.6 is 11.3 Å². The van der Waals surface area contributed by atoms with E-state index in [0.29, 0.717) is 19.0 Å². The first-order chi connectivity index (χ1) is 13.2. The normalized spacial score (nSPS) is 13.7. The van der Waals surface area contributed by atoms with Crippen LogP contribution in [0.4, 0.5) is 5.82 Å². The molecular weight excluding hydrogens is 358 g/mol. The number of hydrogen-bond donors (Lipinski definition) is 1. The smallest absolute Gasteiger partial charge is 0.213 e. The van der Waals surface area contributed by atoms with Gasteiger partial charge in [-0.15, -0.1) is 11.3 Å². The molecule has 0 aromatic carbocycles. The number of hydrogen-bond acceptors (Lipinski definition) is 7. The monoisotopic (exact) mass is 383 g/mol. The standard InChI is InChI=1S/C20H25N5OS/c1-25(2)9-10-26-17-11-14(7-8-21-17)12-22-19-18-15-5-3-4-6-16(15)27-20(18)24-13-23-19/h7-8,11,13H,3-6,9-10,12H2,1-2H3,(H,22,23,24). The van der Waals surface area contributed by atoms with E-state index in [9.17, 15) is 0 Å². The number of likely N-dealkylation sites (N-methyl/N-ethyl adjacent to an activating group) is 1. The van der Waals surface area contributed by atoms with Crippen molar-refractivity contribution in [3.8, 4) is 5.88 Å². The van der Waals surface area contributed by atoms with Gasteiger partial charge in [0.1, 0.15) is 23.6 Å². The molecule has 1 aliphatic rings. The third kappa shape index (κ3) is 4.20. The Balaban J connectivity index is 1.48. The number of fused-ring (bicyclic) bond motifs is 3. The Kier molecular flexibility index (Phi) is 5.50. The minimum atomic E-state index is 0.629. The number of pyridine rings is 1. The maximum atomic E-state index is 5.74. The molecule has 3 aromatic rings. The molecule has 0 unspecified atom stereocenters. The highest BCUT2D eigenvalue weighted by molar-refractivity contribution is 7.19. The van der Waals surface area contributed by atoms with Gasteiger partial charge in [-0.3, -0.25) is 0 Å². The number of nitrogens with zero attached hydrogens (tertiary/aromatic N) is 4. The van der Waals surface area contributed by atoms with Gasteiger partial charge in [0.2, 0.25) is 5.88 Å². The van der Waals surface area contributed by atoms with Crippen LogP contribution in [0.25, 0.3) is 10.2 Å². The molecule has 6 nitrogen and oxygen atoms in total. The number of nitrogens with one attached hydrogen (secondary N) is 1. The second-order valence-corrected chi connectivity index (χ2v) is 8.20. The first-order valence-electron chi connectivity index (χ1n) is 9.42. The number of aromatic nitrogens is 3. The van der Waals surface area contributed by atoms with Crippen molar-refractivity contribution in [3.63, 3.8) is 0 Å². The lowest BCUT2D eigenvalue weighted by molar-refractivity contribution is 0.253. The molecule has 1 aliphatic carbocycles. The molecule has 0 saturated carbocycles. The van der Waals surface area contributed by atoms with E-state index in [-0.39, 0.29) is 0 Å². The van der Waals surface area contributed by atoms with Crippen molar-refractivity contribution < 1.29 is 4.74 Å². The van der Waals surface area contributed by atoms with E-state index in [1.165, 1.54) is 35.1 Å². The summed E-state index contributed by atoms with van der Waals surface area (Å²) in [5, 5.41) is 4.72. The Bertz CT molecular complexity index is 924. The molecule has 142 valence electrons. The van der Waals surface area contributed by atoms with Crippen molar-refractivity contribution in [2.75, 3.05) is 32.6 Å². The fraction of sp³-hybridized carbons (Fsp3) is 0.450. The van der Waals surface area contributed by atoms with Gasteiger partial charge in [0.15, 0.2) is 0 Å². The number of rotatable bonds is 7. The van der Waals surface area contributed by atoms with Crippen molar-refractivity contribution in [2.45, 2.75) is 32.2 Å². The third-order valence-corrected chi connectivity index (χ3v) is 6.00. The van der Waals surface area contributed by atoms with Crippen LogP contribution in [0.15, 0.2) is 24.7 Å². The highest BCUT2D eigenvalue weighted by Crippen LogP contribution is 2.38. The summed E-state index contributed by atoms with van der Waals surface area (Å²) in [6.07, 6.45) is 8.30. The number of ether oxygens (including phenoxy) is 1. The highest BCUT2D eigenvalue weighted by Gasteiger charge is 2.19. The minimum Gasteiger partial charge on any atom is -0.476 e. The minimum absolute atomic E-state index is 0.629. The summed E-state index contributed by atoms with van der Waals surface area (Å²) in [6, 6.07) is 4.00. The van der Waals surface area contributed by atoms with E-state index in [2.05, 4.69) is 25.2 Å². The Morgan fingerprint density at radius 3 is 2.96 bits per heavy atom. The second kappa shape index (κ2) is 8.19. The molecule has 0 atom stereocenters. The van der Waals surface area contributed by atoms with E-state index in [0.717, 1.165) is 29.2 Å². The fourth-order valence-electron chi connectivity index (χ4n) is 3.38. The molecule has 0 saturated heterocycles. The van der Waals surface area contributed by atoms with Crippen LogP contribution < -0.4 is 10.1 Å². The molecule has 0 spiro atoms. The van der Waals surface area contributed by atoms with Crippen molar-refractivity contribution >= 4 is 27.4 Å². The molecule has 0 amide bonds. The average molecular weight is 384 g/mol. The lowest BCUT2D eigenvalue weighted by Gasteiger charge is -2.13. The van der Waals surface area contributed by atoms with Crippen LogP contribution in [0.5, 0.6) is 5.88 Å². The lowest BCUT2D eigenvalue weighted by atomic mass is 9.97. The van der Waals surface area contributed by atoms with Crippen LogP contribution in [0.1, 0.15) is 28.8 Å². The van der Waals surface area contributed by atoms with Crippen LogP contribution in [0.2, 0.25) is 0 Å². The van der Waals surface area contributed by atoms with E-state index >= 15 is 0 Å². The first-order valence-corrected chi connectivity index (χ1v) is 10.2. The molecule has 27 heavy (non-hydrogen) atoms. The number of aryl methyl sites for hydroxylation is 2. The SMILES string of the molecule is CN(C)CCOc1cc(CNc2ncnc3sc4c(c23)CCCC4)ccn1. The molecule has 0 bridgehead atoms. The molecule has 4 rings (SSSR count). The zero-order valence-electron chi connectivity index (χ0n) is 15.9. The van der Waals surface area contributed by atoms with Crippen LogP contribution in [-0.2, 0) is 19.4 Å². The van der Waals surface area contributed by atoms with Gasteiger partial charge in [-0.25, -0.2) is 15.0 Å². The van der Waals surface area contributed by atoms with Gasteiger partial charge in [0.05, 0.1) is 5.39 Å². The summed E-state index contributed by atoms with van der Waals surface area (Å²) >= 11 is 1.82. The van der Waals surface area contributed by atoms with E-state index in [1.807, 2.05) is 37.6 Å². The molecule has 0 radical (unpaired) electrons. The summed E-state index contributed by atoms with van der Waals surface area (Å²) in [6.45, 7) is 2.18.